The van der Waals surface area contributed by atoms with Crippen molar-refractivity contribution in [1.82, 2.24) is 0 Å². The lowest BCUT2D eigenvalue weighted by atomic mass is 9.83. The quantitative estimate of drug-likeness (QED) is 0.564. The third-order valence-electron chi connectivity index (χ3n) is 5.47. The zero-order chi connectivity index (χ0) is 20.5. The van der Waals surface area contributed by atoms with Gasteiger partial charge in [0.25, 0.3) is 0 Å². The lowest BCUT2D eigenvalue weighted by Gasteiger charge is -2.21. The van der Waals surface area contributed by atoms with E-state index >= 15 is 0 Å². The van der Waals surface area contributed by atoms with E-state index in [1.54, 1.807) is 7.11 Å². The first-order valence-electron chi connectivity index (χ1n) is 9.60. The second-order valence-corrected chi connectivity index (χ2v) is 8.42. The number of carboxylic acids is 1. The van der Waals surface area contributed by atoms with Crippen LogP contribution in [-0.2, 0) is 4.79 Å². The standard InChI is InChI=1S/C23H22O5S/c1-13-11-20-18(12-19(13)27-2)21(22(29-20)23(25)26)28-17-9-5-15(6-10-17)14-3-7-16(24)8-4-14/h5-6,9-12,14H,3-4,7-8H2,1-2H3,(H,25,26). The molecule has 1 saturated carbocycles. The molecular weight excluding hydrogens is 388 g/mol. The molecule has 0 spiro atoms. The second kappa shape index (κ2) is 7.87. The Labute approximate surface area is 172 Å². The van der Waals surface area contributed by atoms with Crippen LogP contribution < -0.4 is 9.47 Å². The van der Waals surface area contributed by atoms with Crippen LogP contribution >= 0.6 is 11.3 Å². The molecule has 6 heteroatoms. The molecule has 0 unspecified atom stereocenters. The van der Waals surface area contributed by atoms with Crippen LogP contribution in [0.25, 0.3) is 10.1 Å². The average Bonchev–Trinajstić information content (AvgIpc) is 3.06. The highest BCUT2D eigenvalue weighted by Gasteiger charge is 2.23. The Morgan fingerprint density at radius 3 is 2.45 bits per heavy atom. The molecule has 3 aromatic rings. The molecule has 0 atom stereocenters. The molecular formula is C23H22O5S. The number of carboxylic acid groups (broad SMARTS) is 1. The van der Waals surface area contributed by atoms with Crippen LogP contribution in [0.15, 0.2) is 36.4 Å². The van der Waals surface area contributed by atoms with Crippen LogP contribution in [0.2, 0.25) is 0 Å². The molecule has 0 radical (unpaired) electrons. The smallest absolute Gasteiger partial charge is 0.349 e. The Kier molecular flexibility index (Phi) is 5.28. The lowest BCUT2D eigenvalue weighted by molar-refractivity contribution is -0.120. The maximum Gasteiger partial charge on any atom is 0.349 e. The Morgan fingerprint density at radius 1 is 1.14 bits per heavy atom. The molecule has 0 saturated heterocycles. The van der Waals surface area contributed by atoms with E-state index in [0.29, 0.717) is 41.8 Å². The molecule has 150 valence electrons. The van der Waals surface area contributed by atoms with Gasteiger partial charge in [-0.05, 0) is 61.1 Å². The summed E-state index contributed by atoms with van der Waals surface area (Å²) in [6, 6.07) is 11.5. The number of ether oxygens (including phenoxy) is 2. The van der Waals surface area contributed by atoms with Crippen molar-refractivity contribution in [1.29, 1.82) is 0 Å². The number of hydrogen-bond acceptors (Lipinski definition) is 5. The normalized spacial score (nSPS) is 14.9. The van der Waals surface area contributed by atoms with Crippen LogP contribution in [0.4, 0.5) is 0 Å². The number of fused-ring (bicyclic) bond motifs is 1. The average molecular weight is 410 g/mol. The van der Waals surface area contributed by atoms with Crippen molar-refractivity contribution in [2.24, 2.45) is 0 Å². The van der Waals surface area contributed by atoms with E-state index in [0.717, 1.165) is 28.5 Å². The summed E-state index contributed by atoms with van der Waals surface area (Å²) in [5.41, 5.74) is 2.14. The molecule has 4 rings (SSSR count). The van der Waals surface area contributed by atoms with E-state index in [1.807, 2.05) is 43.3 Å². The minimum Gasteiger partial charge on any atom is -0.496 e. The fourth-order valence-corrected chi connectivity index (χ4v) is 4.91. The van der Waals surface area contributed by atoms with Gasteiger partial charge in [0.05, 0.1) is 7.11 Å². The number of methoxy groups -OCH3 is 1. The van der Waals surface area contributed by atoms with Crippen molar-refractivity contribution in [3.8, 4) is 17.2 Å². The minimum atomic E-state index is -1.01. The molecule has 1 aliphatic carbocycles. The molecule has 0 amide bonds. The van der Waals surface area contributed by atoms with Crippen molar-refractivity contribution < 1.29 is 24.2 Å². The topological polar surface area (TPSA) is 72.8 Å². The van der Waals surface area contributed by atoms with Gasteiger partial charge in [-0.15, -0.1) is 11.3 Å². The van der Waals surface area contributed by atoms with Crippen LogP contribution in [-0.4, -0.2) is 24.0 Å². The zero-order valence-electron chi connectivity index (χ0n) is 16.4. The number of ketones is 1. The summed E-state index contributed by atoms with van der Waals surface area (Å²) in [5.74, 6) is 1.35. The van der Waals surface area contributed by atoms with Gasteiger partial charge in [-0.1, -0.05) is 12.1 Å². The van der Waals surface area contributed by atoms with E-state index in [1.165, 1.54) is 16.9 Å². The van der Waals surface area contributed by atoms with E-state index in [9.17, 15) is 14.7 Å². The van der Waals surface area contributed by atoms with Crippen molar-refractivity contribution in [2.75, 3.05) is 7.11 Å². The predicted octanol–water partition coefficient (Wildman–Crippen LogP) is 5.94. The highest BCUT2D eigenvalue weighted by molar-refractivity contribution is 7.21. The second-order valence-electron chi connectivity index (χ2n) is 7.37. The molecule has 1 aliphatic rings. The van der Waals surface area contributed by atoms with Gasteiger partial charge < -0.3 is 14.6 Å². The Bertz CT molecular complexity index is 1070. The number of rotatable bonds is 5. The number of Topliss-reactive ketones (excluding diaryl/α,β-unsaturated/α-hetero) is 1. The molecule has 1 N–H and O–H groups in total. The highest BCUT2D eigenvalue weighted by atomic mass is 32.1. The summed E-state index contributed by atoms with van der Waals surface area (Å²) >= 11 is 1.20. The number of hydrogen-bond donors (Lipinski definition) is 1. The Hall–Kier alpha value is -2.86. The SMILES string of the molecule is COc1cc2c(Oc3ccc(C4CCC(=O)CC4)cc3)c(C(=O)O)sc2cc1C. The van der Waals surface area contributed by atoms with E-state index in [-0.39, 0.29) is 4.88 Å². The Morgan fingerprint density at radius 2 is 1.83 bits per heavy atom. The maximum atomic E-state index is 11.8. The number of carbonyl (C=O) groups excluding carboxylic acids is 1. The van der Waals surface area contributed by atoms with E-state index in [4.69, 9.17) is 9.47 Å². The monoisotopic (exact) mass is 410 g/mol. The van der Waals surface area contributed by atoms with Gasteiger partial charge in [0.1, 0.15) is 17.3 Å². The number of aromatic carboxylic acids is 1. The minimum absolute atomic E-state index is 0.169. The Balaban J connectivity index is 1.65. The molecule has 1 aromatic heterocycles. The summed E-state index contributed by atoms with van der Waals surface area (Å²) in [6.07, 6.45) is 3.06. The predicted molar refractivity (Wildman–Crippen MR) is 113 cm³/mol. The van der Waals surface area contributed by atoms with Gasteiger partial charge in [-0.25, -0.2) is 4.79 Å². The molecule has 5 nitrogen and oxygen atoms in total. The molecule has 0 bridgehead atoms. The lowest BCUT2D eigenvalue weighted by Crippen LogP contribution is -2.12. The first kappa shape index (κ1) is 19.5. The third kappa shape index (κ3) is 3.85. The van der Waals surface area contributed by atoms with Gasteiger partial charge in [0.2, 0.25) is 0 Å². The fourth-order valence-electron chi connectivity index (χ4n) is 3.86. The van der Waals surface area contributed by atoms with Crippen LogP contribution in [0, 0.1) is 6.92 Å². The van der Waals surface area contributed by atoms with Crippen LogP contribution in [0.1, 0.15) is 52.4 Å². The molecule has 1 heterocycles. The van der Waals surface area contributed by atoms with Gasteiger partial charge in [-0.3, -0.25) is 4.79 Å². The first-order valence-corrected chi connectivity index (χ1v) is 10.4. The van der Waals surface area contributed by atoms with Gasteiger partial charge >= 0.3 is 5.97 Å². The number of benzene rings is 2. The highest BCUT2D eigenvalue weighted by Crippen LogP contribution is 2.43. The first-order chi connectivity index (χ1) is 14.0. The summed E-state index contributed by atoms with van der Waals surface area (Å²) < 4.78 is 12.3. The van der Waals surface area contributed by atoms with E-state index in [2.05, 4.69) is 0 Å². The summed E-state index contributed by atoms with van der Waals surface area (Å²) in [5, 5.41) is 10.4. The molecule has 2 aromatic carbocycles. The number of aryl methyl sites for hydroxylation is 1. The van der Waals surface area contributed by atoms with Crippen molar-refractivity contribution in [3.05, 3.63) is 52.4 Å². The fraction of sp³-hybridized carbons (Fsp3) is 0.304. The van der Waals surface area contributed by atoms with Gasteiger partial charge in [-0.2, -0.15) is 0 Å². The number of thiophene rings is 1. The van der Waals surface area contributed by atoms with Gasteiger partial charge in [0.15, 0.2) is 10.6 Å². The van der Waals surface area contributed by atoms with Crippen molar-refractivity contribution >= 4 is 33.2 Å². The van der Waals surface area contributed by atoms with Crippen molar-refractivity contribution in [2.45, 2.75) is 38.5 Å². The maximum absolute atomic E-state index is 11.8. The largest absolute Gasteiger partial charge is 0.496 e. The third-order valence-corrected chi connectivity index (χ3v) is 6.59. The summed E-state index contributed by atoms with van der Waals surface area (Å²) in [7, 11) is 1.59. The summed E-state index contributed by atoms with van der Waals surface area (Å²) in [4.78, 5) is 23.4. The van der Waals surface area contributed by atoms with Crippen LogP contribution in [0.3, 0.4) is 0 Å². The molecule has 29 heavy (non-hydrogen) atoms. The summed E-state index contributed by atoms with van der Waals surface area (Å²) in [6.45, 7) is 1.93. The zero-order valence-corrected chi connectivity index (χ0v) is 17.2. The van der Waals surface area contributed by atoms with Gasteiger partial charge in [0, 0.05) is 22.9 Å². The molecule has 1 fully saturated rings. The van der Waals surface area contributed by atoms with Crippen molar-refractivity contribution in [3.63, 3.8) is 0 Å². The number of carbonyl (C=O) groups is 2. The van der Waals surface area contributed by atoms with Crippen LogP contribution in [0.5, 0.6) is 17.2 Å². The molecule has 0 aliphatic heterocycles. The van der Waals surface area contributed by atoms with E-state index < -0.39 is 5.97 Å².